The maximum absolute atomic E-state index is 12.3. The van der Waals surface area contributed by atoms with Crippen molar-refractivity contribution in [3.63, 3.8) is 0 Å². The van der Waals surface area contributed by atoms with E-state index in [2.05, 4.69) is 10.1 Å². The molecule has 110 valence electrons. The minimum absolute atomic E-state index is 0.0881. The van der Waals surface area contributed by atoms with E-state index in [4.69, 9.17) is 9.47 Å². The molecule has 20 heavy (non-hydrogen) atoms. The zero-order valence-corrected chi connectivity index (χ0v) is 12.1. The number of ether oxygens (including phenoxy) is 2. The molecule has 2 heterocycles. The Morgan fingerprint density at radius 2 is 2.00 bits per heavy atom. The fourth-order valence-electron chi connectivity index (χ4n) is 2.06. The van der Waals surface area contributed by atoms with E-state index in [9.17, 15) is 4.79 Å². The van der Waals surface area contributed by atoms with E-state index >= 15 is 0 Å². The van der Waals surface area contributed by atoms with Gasteiger partial charge < -0.3 is 9.47 Å². The van der Waals surface area contributed by atoms with Gasteiger partial charge in [-0.2, -0.15) is 5.10 Å². The number of aromatic nitrogens is 4. The van der Waals surface area contributed by atoms with Gasteiger partial charge in [-0.15, -0.1) is 0 Å². The summed E-state index contributed by atoms with van der Waals surface area (Å²) < 4.78 is 14.1. The van der Waals surface area contributed by atoms with Gasteiger partial charge in [0.1, 0.15) is 5.39 Å². The zero-order valence-electron chi connectivity index (χ0n) is 12.1. The molecule has 0 bridgehead atoms. The van der Waals surface area contributed by atoms with Crippen LogP contribution in [0.2, 0.25) is 0 Å². The summed E-state index contributed by atoms with van der Waals surface area (Å²) >= 11 is 0. The van der Waals surface area contributed by atoms with Gasteiger partial charge in [-0.1, -0.05) is 0 Å². The van der Waals surface area contributed by atoms with E-state index in [0.29, 0.717) is 37.2 Å². The first-order valence-corrected chi connectivity index (χ1v) is 6.77. The van der Waals surface area contributed by atoms with Gasteiger partial charge in [0.25, 0.3) is 5.56 Å². The first-order chi connectivity index (χ1) is 9.67. The summed E-state index contributed by atoms with van der Waals surface area (Å²) in [5.41, 5.74) is 0.507. The van der Waals surface area contributed by atoms with Crippen molar-refractivity contribution in [3.8, 4) is 0 Å². The van der Waals surface area contributed by atoms with Crippen LogP contribution in [0.15, 0.2) is 17.3 Å². The van der Waals surface area contributed by atoms with E-state index in [-0.39, 0.29) is 11.8 Å². The lowest BCUT2D eigenvalue weighted by molar-refractivity contribution is -0.141. The molecule has 7 nitrogen and oxygen atoms in total. The van der Waals surface area contributed by atoms with E-state index in [1.54, 1.807) is 28.8 Å². The molecule has 7 heteroatoms. The molecule has 0 atom stereocenters. The van der Waals surface area contributed by atoms with Gasteiger partial charge >= 0.3 is 0 Å². The van der Waals surface area contributed by atoms with E-state index in [0.717, 1.165) is 0 Å². The summed E-state index contributed by atoms with van der Waals surface area (Å²) in [4.78, 5) is 16.5. The Morgan fingerprint density at radius 3 is 2.65 bits per heavy atom. The number of fused-ring (bicyclic) bond motifs is 1. The number of hydrogen-bond acceptors (Lipinski definition) is 5. The molecule has 0 aliphatic rings. The van der Waals surface area contributed by atoms with E-state index < -0.39 is 0 Å². The summed E-state index contributed by atoms with van der Waals surface area (Å²) in [5.74, 6) is 0. The van der Waals surface area contributed by atoms with Gasteiger partial charge in [0.05, 0.1) is 12.5 Å². The van der Waals surface area contributed by atoms with Crippen molar-refractivity contribution in [2.75, 3.05) is 13.2 Å². The first kappa shape index (κ1) is 14.7. The third-order valence-corrected chi connectivity index (χ3v) is 3.03. The second-order valence-electron chi connectivity index (χ2n) is 4.38. The van der Waals surface area contributed by atoms with Gasteiger partial charge in [0.2, 0.25) is 0 Å². The summed E-state index contributed by atoms with van der Waals surface area (Å²) in [6.07, 6.45) is 3.40. The summed E-state index contributed by atoms with van der Waals surface area (Å²) in [5, 5.41) is 4.57. The van der Waals surface area contributed by atoms with Gasteiger partial charge in [0, 0.05) is 33.2 Å². The molecule has 0 aliphatic heterocycles. The molecule has 2 aromatic rings. The second kappa shape index (κ2) is 6.62. The summed E-state index contributed by atoms with van der Waals surface area (Å²) in [6.45, 7) is 5.50. The van der Waals surface area contributed by atoms with Crippen molar-refractivity contribution >= 4 is 11.0 Å². The number of aryl methyl sites for hydroxylation is 2. The SMILES string of the molecule is CCOC(CCn1cnc2c(cnn2C)c1=O)OCC. The molecule has 0 aliphatic carbocycles. The van der Waals surface area contributed by atoms with Crippen molar-refractivity contribution in [1.82, 2.24) is 19.3 Å². The van der Waals surface area contributed by atoms with Crippen LogP contribution in [0, 0.1) is 0 Å². The van der Waals surface area contributed by atoms with Crippen molar-refractivity contribution in [1.29, 1.82) is 0 Å². The molecule has 0 radical (unpaired) electrons. The molecule has 0 saturated carbocycles. The minimum atomic E-state index is -0.290. The summed E-state index contributed by atoms with van der Waals surface area (Å²) in [6, 6.07) is 0. The fourth-order valence-corrected chi connectivity index (χ4v) is 2.06. The molecule has 0 saturated heterocycles. The third kappa shape index (κ3) is 3.05. The number of rotatable bonds is 7. The zero-order chi connectivity index (χ0) is 14.5. The predicted octanol–water partition coefficient (Wildman–Crippen LogP) is 0.919. The Labute approximate surface area is 117 Å². The average Bonchev–Trinajstić information content (AvgIpc) is 2.81. The molecule has 0 aromatic carbocycles. The first-order valence-electron chi connectivity index (χ1n) is 6.77. The van der Waals surface area contributed by atoms with Crippen LogP contribution >= 0.6 is 0 Å². The lowest BCUT2D eigenvalue weighted by Gasteiger charge is -2.17. The molecule has 0 spiro atoms. The Bertz CT molecular complexity index is 614. The van der Waals surface area contributed by atoms with Crippen molar-refractivity contribution in [2.24, 2.45) is 7.05 Å². The van der Waals surface area contributed by atoms with Crippen molar-refractivity contribution in [3.05, 3.63) is 22.9 Å². The maximum Gasteiger partial charge on any atom is 0.264 e. The Kier molecular flexibility index (Phi) is 4.86. The van der Waals surface area contributed by atoms with Gasteiger partial charge in [0.15, 0.2) is 11.9 Å². The smallest absolute Gasteiger partial charge is 0.264 e. The highest BCUT2D eigenvalue weighted by atomic mass is 16.7. The monoisotopic (exact) mass is 280 g/mol. The second-order valence-corrected chi connectivity index (χ2v) is 4.38. The van der Waals surface area contributed by atoms with Crippen LogP contribution in [0.3, 0.4) is 0 Å². The highest BCUT2D eigenvalue weighted by Crippen LogP contribution is 2.06. The van der Waals surface area contributed by atoms with Crippen LogP contribution in [0.4, 0.5) is 0 Å². The molecular weight excluding hydrogens is 260 g/mol. The maximum atomic E-state index is 12.3. The lowest BCUT2D eigenvalue weighted by atomic mass is 10.3. The number of nitrogens with zero attached hydrogens (tertiary/aromatic N) is 4. The quantitative estimate of drug-likeness (QED) is 0.705. The van der Waals surface area contributed by atoms with Crippen molar-refractivity contribution in [2.45, 2.75) is 33.1 Å². The molecule has 0 unspecified atom stereocenters. The molecule has 0 fully saturated rings. The third-order valence-electron chi connectivity index (χ3n) is 3.03. The van der Waals surface area contributed by atoms with Crippen LogP contribution in [-0.4, -0.2) is 38.8 Å². The van der Waals surface area contributed by atoms with Gasteiger partial charge in [-0.05, 0) is 13.8 Å². The predicted molar refractivity (Wildman–Crippen MR) is 74.4 cm³/mol. The molecule has 2 rings (SSSR count). The normalized spacial score (nSPS) is 11.6. The van der Waals surface area contributed by atoms with Gasteiger partial charge in [-0.3, -0.25) is 14.0 Å². The molecule has 0 N–H and O–H groups in total. The lowest BCUT2D eigenvalue weighted by Crippen LogP contribution is -2.25. The highest BCUT2D eigenvalue weighted by Gasteiger charge is 2.11. The average molecular weight is 280 g/mol. The molecule has 2 aromatic heterocycles. The standard InChI is InChI=1S/C13H20N4O3/c1-4-19-11(20-5-2)6-7-17-9-14-12-10(13(17)18)8-15-16(12)3/h8-9,11H,4-7H2,1-3H3. The highest BCUT2D eigenvalue weighted by molar-refractivity contribution is 5.72. The van der Waals surface area contributed by atoms with Crippen LogP contribution in [0.5, 0.6) is 0 Å². The Hall–Kier alpha value is -1.73. The van der Waals surface area contributed by atoms with Crippen LogP contribution in [0.25, 0.3) is 11.0 Å². The Balaban J connectivity index is 2.13. The largest absolute Gasteiger partial charge is 0.353 e. The van der Waals surface area contributed by atoms with Crippen LogP contribution in [0.1, 0.15) is 20.3 Å². The Morgan fingerprint density at radius 1 is 1.30 bits per heavy atom. The molecular formula is C13H20N4O3. The van der Waals surface area contributed by atoms with Gasteiger partial charge in [-0.25, -0.2) is 4.98 Å². The van der Waals surface area contributed by atoms with Crippen LogP contribution in [-0.2, 0) is 23.1 Å². The molecule has 0 amide bonds. The minimum Gasteiger partial charge on any atom is -0.353 e. The van der Waals surface area contributed by atoms with E-state index in [1.165, 1.54) is 0 Å². The van der Waals surface area contributed by atoms with Crippen LogP contribution < -0.4 is 5.56 Å². The number of hydrogen-bond donors (Lipinski definition) is 0. The topological polar surface area (TPSA) is 71.2 Å². The summed E-state index contributed by atoms with van der Waals surface area (Å²) in [7, 11) is 1.76. The van der Waals surface area contributed by atoms with Crippen molar-refractivity contribution < 1.29 is 9.47 Å². The fraction of sp³-hybridized carbons (Fsp3) is 0.615. The van der Waals surface area contributed by atoms with E-state index in [1.807, 2.05) is 13.8 Å².